The van der Waals surface area contributed by atoms with Crippen LogP contribution in [0, 0.1) is 39.0 Å². The van der Waals surface area contributed by atoms with Crippen LogP contribution >= 0.6 is 0 Å². The van der Waals surface area contributed by atoms with Gasteiger partial charge in [0.2, 0.25) is 0 Å². The average molecular weight is 409 g/mol. The lowest BCUT2D eigenvalue weighted by atomic mass is 10.1. The molecule has 1 fully saturated rings. The van der Waals surface area contributed by atoms with E-state index in [0.717, 1.165) is 35.5 Å². The SMILES string of the molecule is Cc1nn(C)c(C)c1NC(=O)[C@@H](C)OC(=O)/C(C#N)=C/c1cc(C)n(C2CC2)c1C. The molecule has 8 heteroatoms. The van der Waals surface area contributed by atoms with Gasteiger partial charge in [-0.15, -0.1) is 0 Å². The molecule has 1 N–H and O–H groups in total. The number of rotatable bonds is 6. The summed E-state index contributed by atoms with van der Waals surface area (Å²) in [5, 5.41) is 16.5. The van der Waals surface area contributed by atoms with Gasteiger partial charge >= 0.3 is 5.97 Å². The van der Waals surface area contributed by atoms with E-state index in [1.807, 2.05) is 32.9 Å². The monoisotopic (exact) mass is 409 g/mol. The molecular weight excluding hydrogens is 382 g/mol. The number of ether oxygens (including phenoxy) is 1. The van der Waals surface area contributed by atoms with Gasteiger partial charge in [-0.3, -0.25) is 9.48 Å². The first kappa shape index (κ1) is 21.4. The summed E-state index contributed by atoms with van der Waals surface area (Å²) in [5.74, 6) is -1.30. The molecule has 2 heterocycles. The summed E-state index contributed by atoms with van der Waals surface area (Å²) >= 11 is 0. The fraction of sp³-hybridized carbons (Fsp3) is 0.455. The number of carbonyl (C=O) groups is 2. The summed E-state index contributed by atoms with van der Waals surface area (Å²) in [6, 6.07) is 4.37. The minimum atomic E-state index is -1.06. The third-order valence-corrected chi connectivity index (χ3v) is 5.49. The Kier molecular flexibility index (Phi) is 5.83. The fourth-order valence-corrected chi connectivity index (χ4v) is 3.59. The zero-order chi connectivity index (χ0) is 22.2. The minimum absolute atomic E-state index is 0.139. The number of esters is 1. The van der Waals surface area contributed by atoms with E-state index in [1.54, 1.807) is 18.7 Å². The summed E-state index contributed by atoms with van der Waals surface area (Å²) in [4.78, 5) is 25.0. The first-order chi connectivity index (χ1) is 14.1. The molecule has 0 saturated heterocycles. The van der Waals surface area contributed by atoms with Gasteiger partial charge in [-0.05, 0) is 65.2 Å². The minimum Gasteiger partial charge on any atom is -0.448 e. The zero-order valence-electron chi connectivity index (χ0n) is 18.2. The molecule has 1 aliphatic rings. The van der Waals surface area contributed by atoms with E-state index in [4.69, 9.17) is 4.74 Å². The Labute approximate surface area is 176 Å². The summed E-state index contributed by atoms with van der Waals surface area (Å²) in [7, 11) is 1.78. The van der Waals surface area contributed by atoms with Crippen molar-refractivity contribution in [1.29, 1.82) is 5.26 Å². The summed E-state index contributed by atoms with van der Waals surface area (Å²) in [6.45, 7) is 9.09. The third kappa shape index (κ3) is 4.15. The van der Waals surface area contributed by atoms with E-state index in [2.05, 4.69) is 15.0 Å². The number of hydrogen-bond donors (Lipinski definition) is 1. The molecule has 2 aromatic rings. The molecule has 2 aromatic heterocycles. The molecule has 1 saturated carbocycles. The van der Waals surface area contributed by atoms with Crippen molar-refractivity contribution in [1.82, 2.24) is 14.3 Å². The second kappa shape index (κ2) is 8.19. The van der Waals surface area contributed by atoms with Gasteiger partial charge in [0, 0.05) is 24.5 Å². The van der Waals surface area contributed by atoms with Gasteiger partial charge in [-0.25, -0.2) is 4.79 Å². The first-order valence-corrected chi connectivity index (χ1v) is 9.96. The largest absolute Gasteiger partial charge is 0.448 e. The maximum Gasteiger partial charge on any atom is 0.349 e. The van der Waals surface area contributed by atoms with Crippen molar-refractivity contribution in [2.24, 2.45) is 7.05 Å². The van der Waals surface area contributed by atoms with Gasteiger partial charge in [-0.1, -0.05) is 0 Å². The van der Waals surface area contributed by atoms with Crippen LogP contribution in [0.1, 0.15) is 54.1 Å². The number of anilines is 1. The van der Waals surface area contributed by atoms with Crippen LogP contribution in [-0.2, 0) is 21.4 Å². The Bertz CT molecular complexity index is 1080. The van der Waals surface area contributed by atoms with Crippen LogP contribution in [0.3, 0.4) is 0 Å². The second-order valence-corrected chi connectivity index (χ2v) is 7.80. The smallest absolute Gasteiger partial charge is 0.349 e. The Morgan fingerprint density at radius 2 is 1.97 bits per heavy atom. The van der Waals surface area contributed by atoms with Crippen molar-refractivity contribution in [3.05, 3.63) is 40.0 Å². The van der Waals surface area contributed by atoms with Crippen molar-refractivity contribution in [3.8, 4) is 6.07 Å². The van der Waals surface area contributed by atoms with Crippen LogP contribution in [0.2, 0.25) is 0 Å². The summed E-state index contributed by atoms with van der Waals surface area (Å²) < 4.78 is 9.16. The standard InChI is InChI=1S/C22H27N5O3/c1-12-9-17(14(3)27(12)19-7-8-19)10-18(11-23)22(29)30-16(5)21(28)24-20-13(2)25-26(6)15(20)4/h9-10,16,19H,7-8H2,1-6H3,(H,24,28)/b18-10+/t16-/m1/s1. The Morgan fingerprint density at radius 3 is 2.50 bits per heavy atom. The van der Waals surface area contributed by atoms with Crippen LogP contribution in [-0.4, -0.2) is 32.3 Å². The predicted octanol–water partition coefficient (Wildman–Crippen LogP) is 3.27. The lowest BCUT2D eigenvalue weighted by molar-refractivity contribution is -0.148. The average Bonchev–Trinajstić information content (AvgIpc) is 3.43. The number of nitriles is 1. The van der Waals surface area contributed by atoms with E-state index in [0.29, 0.717) is 17.4 Å². The first-order valence-electron chi connectivity index (χ1n) is 9.96. The molecule has 0 bridgehead atoms. The summed E-state index contributed by atoms with van der Waals surface area (Å²) in [6.07, 6.45) is 2.76. The molecule has 0 radical (unpaired) electrons. The van der Waals surface area contributed by atoms with Crippen molar-refractivity contribution in [3.63, 3.8) is 0 Å². The van der Waals surface area contributed by atoms with E-state index >= 15 is 0 Å². The number of carbonyl (C=O) groups excluding carboxylic acids is 2. The number of aryl methyl sites for hydroxylation is 3. The molecular formula is C22H27N5O3. The van der Waals surface area contributed by atoms with E-state index in [-0.39, 0.29) is 5.57 Å². The fourth-order valence-electron chi connectivity index (χ4n) is 3.59. The molecule has 1 aliphatic carbocycles. The highest BCUT2D eigenvalue weighted by molar-refractivity contribution is 6.01. The highest BCUT2D eigenvalue weighted by Gasteiger charge is 2.27. The number of amides is 1. The Balaban J connectivity index is 1.72. The number of hydrogen-bond acceptors (Lipinski definition) is 5. The topological polar surface area (TPSA) is 102 Å². The van der Waals surface area contributed by atoms with Gasteiger partial charge in [0.25, 0.3) is 5.91 Å². The zero-order valence-corrected chi connectivity index (χ0v) is 18.2. The predicted molar refractivity (Wildman–Crippen MR) is 113 cm³/mol. The van der Waals surface area contributed by atoms with Crippen LogP contribution in [0.25, 0.3) is 6.08 Å². The Morgan fingerprint density at radius 1 is 1.30 bits per heavy atom. The van der Waals surface area contributed by atoms with Crippen LogP contribution in [0.4, 0.5) is 5.69 Å². The van der Waals surface area contributed by atoms with Crippen LogP contribution in [0.15, 0.2) is 11.6 Å². The molecule has 0 aliphatic heterocycles. The number of nitrogens with one attached hydrogen (secondary N) is 1. The molecule has 158 valence electrons. The summed E-state index contributed by atoms with van der Waals surface area (Å²) in [5.41, 5.74) is 4.85. The molecule has 1 amide bonds. The highest BCUT2D eigenvalue weighted by atomic mass is 16.5. The van der Waals surface area contributed by atoms with Crippen molar-refractivity contribution in [2.75, 3.05) is 5.32 Å². The third-order valence-electron chi connectivity index (χ3n) is 5.49. The van der Waals surface area contributed by atoms with Crippen molar-refractivity contribution < 1.29 is 14.3 Å². The lowest BCUT2D eigenvalue weighted by Gasteiger charge is -2.13. The number of nitrogens with zero attached hydrogens (tertiary/aromatic N) is 4. The Hall–Kier alpha value is -3.34. The van der Waals surface area contributed by atoms with E-state index in [1.165, 1.54) is 13.0 Å². The van der Waals surface area contributed by atoms with Gasteiger partial charge < -0.3 is 14.6 Å². The van der Waals surface area contributed by atoms with Gasteiger partial charge in [0.15, 0.2) is 6.10 Å². The second-order valence-electron chi connectivity index (χ2n) is 7.80. The van der Waals surface area contributed by atoms with Gasteiger partial charge in [-0.2, -0.15) is 10.4 Å². The molecule has 1 atom stereocenters. The maximum absolute atomic E-state index is 12.5. The van der Waals surface area contributed by atoms with E-state index in [9.17, 15) is 14.9 Å². The maximum atomic E-state index is 12.5. The molecule has 3 rings (SSSR count). The normalized spacial score (nSPS) is 14.9. The molecule has 0 spiro atoms. The van der Waals surface area contributed by atoms with Gasteiger partial charge in [0.05, 0.1) is 17.1 Å². The van der Waals surface area contributed by atoms with Crippen LogP contribution in [0.5, 0.6) is 0 Å². The van der Waals surface area contributed by atoms with Crippen molar-refractivity contribution in [2.45, 2.75) is 59.6 Å². The quantitative estimate of drug-likeness (QED) is 0.448. The van der Waals surface area contributed by atoms with Gasteiger partial charge in [0.1, 0.15) is 11.6 Å². The lowest BCUT2D eigenvalue weighted by Crippen LogP contribution is -2.30. The number of aromatic nitrogens is 3. The molecule has 0 aromatic carbocycles. The van der Waals surface area contributed by atoms with Crippen LogP contribution < -0.4 is 5.32 Å². The molecule has 0 unspecified atom stereocenters. The molecule has 30 heavy (non-hydrogen) atoms. The molecule has 8 nitrogen and oxygen atoms in total. The van der Waals surface area contributed by atoms with E-state index < -0.39 is 18.0 Å². The van der Waals surface area contributed by atoms with Crippen molar-refractivity contribution >= 4 is 23.6 Å². The highest BCUT2D eigenvalue weighted by Crippen LogP contribution is 2.38.